The Balaban J connectivity index is 2.93. The van der Waals surface area contributed by atoms with E-state index in [1.807, 2.05) is 25.1 Å². The Labute approximate surface area is 83.6 Å². The van der Waals surface area contributed by atoms with E-state index in [-0.39, 0.29) is 0 Å². The van der Waals surface area contributed by atoms with Crippen molar-refractivity contribution in [3.8, 4) is 0 Å². The minimum absolute atomic E-state index is 0.431. The summed E-state index contributed by atoms with van der Waals surface area (Å²) < 4.78 is 0. The summed E-state index contributed by atoms with van der Waals surface area (Å²) in [4.78, 5) is 0. The molecule has 14 heavy (non-hydrogen) atoms. The van der Waals surface area contributed by atoms with Crippen molar-refractivity contribution in [3.05, 3.63) is 35.4 Å². The molecular formula is C11H16O3. The van der Waals surface area contributed by atoms with E-state index in [0.717, 1.165) is 12.0 Å². The number of benzene rings is 1. The second-order valence-corrected chi connectivity index (χ2v) is 3.25. The number of aliphatic hydroxyl groups excluding tert-OH is 3. The summed E-state index contributed by atoms with van der Waals surface area (Å²) in [6.07, 6.45) is -1.32. The van der Waals surface area contributed by atoms with Gasteiger partial charge in [0.15, 0.2) is 0 Å². The summed E-state index contributed by atoms with van der Waals surface area (Å²) in [5.41, 5.74) is 1.68. The molecule has 1 aromatic carbocycles. The highest BCUT2D eigenvalue weighted by Gasteiger charge is 2.19. The van der Waals surface area contributed by atoms with Gasteiger partial charge >= 0.3 is 0 Å². The Kier molecular flexibility index (Phi) is 4.07. The van der Waals surface area contributed by atoms with E-state index in [4.69, 9.17) is 5.11 Å². The number of aliphatic hydroxyl groups is 3. The van der Waals surface area contributed by atoms with Crippen LogP contribution < -0.4 is 0 Å². The van der Waals surface area contributed by atoms with Crippen molar-refractivity contribution in [2.45, 2.75) is 25.6 Å². The molecule has 0 amide bonds. The van der Waals surface area contributed by atoms with Gasteiger partial charge in [0.25, 0.3) is 0 Å². The van der Waals surface area contributed by atoms with Crippen LogP contribution in [0.5, 0.6) is 0 Å². The molecule has 0 radical (unpaired) electrons. The fourth-order valence-corrected chi connectivity index (χ4v) is 1.45. The van der Waals surface area contributed by atoms with Crippen LogP contribution >= 0.6 is 0 Å². The summed E-state index contributed by atoms with van der Waals surface area (Å²) >= 11 is 0. The number of rotatable bonds is 4. The van der Waals surface area contributed by atoms with Crippen LogP contribution in [0.4, 0.5) is 0 Å². The van der Waals surface area contributed by atoms with Crippen LogP contribution in [-0.4, -0.2) is 28.0 Å². The number of hydrogen-bond donors (Lipinski definition) is 3. The van der Waals surface area contributed by atoms with Gasteiger partial charge in [-0.05, 0) is 17.5 Å². The lowest BCUT2D eigenvalue weighted by Gasteiger charge is -2.18. The second kappa shape index (κ2) is 5.10. The summed E-state index contributed by atoms with van der Waals surface area (Å²) in [6, 6.07) is 7.37. The highest BCUT2D eigenvalue weighted by molar-refractivity contribution is 5.29. The Morgan fingerprint density at radius 1 is 1.21 bits per heavy atom. The van der Waals surface area contributed by atoms with E-state index in [9.17, 15) is 10.2 Å². The van der Waals surface area contributed by atoms with E-state index in [2.05, 4.69) is 0 Å². The van der Waals surface area contributed by atoms with Gasteiger partial charge < -0.3 is 15.3 Å². The minimum atomic E-state index is -1.11. The molecule has 0 aliphatic heterocycles. The molecule has 3 N–H and O–H groups in total. The van der Waals surface area contributed by atoms with Crippen LogP contribution in [0.25, 0.3) is 0 Å². The lowest BCUT2D eigenvalue weighted by molar-refractivity contribution is -0.0156. The van der Waals surface area contributed by atoms with Gasteiger partial charge in [-0.25, -0.2) is 0 Å². The smallest absolute Gasteiger partial charge is 0.107 e. The van der Waals surface area contributed by atoms with Crippen molar-refractivity contribution < 1.29 is 15.3 Å². The molecule has 0 fully saturated rings. The number of aryl methyl sites for hydroxylation is 1. The maximum Gasteiger partial charge on any atom is 0.107 e. The molecule has 0 saturated heterocycles. The molecule has 0 aromatic heterocycles. The highest BCUT2D eigenvalue weighted by atomic mass is 16.4. The van der Waals surface area contributed by atoms with Gasteiger partial charge in [0.2, 0.25) is 0 Å². The lowest BCUT2D eigenvalue weighted by atomic mass is 9.97. The zero-order valence-electron chi connectivity index (χ0n) is 8.22. The monoisotopic (exact) mass is 196 g/mol. The van der Waals surface area contributed by atoms with Crippen molar-refractivity contribution >= 4 is 0 Å². The second-order valence-electron chi connectivity index (χ2n) is 3.25. The summed E-state index contributed by atoms with van der Waals surface area (Å²) in [5.74, 6) is 0. The SMILES string of the molecule is CCc1ccccc1C(O)C(O)CO. The average molecular weight is 196 g/mol. The molecule has 0 bridgehead atoms. The quantitative estimate of drug-likeness (QED) is 0.662. The van der Waals surface area contributed by atoms with Crippen molar-refractivity contribution in [3.63, 3.8) is 0 Å². The van der Waals surface area contributed by atoms with E-state index >= 15 is 0 Å². The molecule has 3 nitrogen and oxygen atoms in total. The van der Waals surface area contributed by atoms with Crippen LogP contribution in [0.2, 0.25) is 0 Å². The fourth-order valence-electron chi connectivity index (χ4n) is 1.45. The van der Waals surface area contributed by atoms with E-state index in [1.165, 1.54) is 0 Å². The maximum atomic E-state index is 9.69. The Hall–Kier alpha value is -0.900. The van der Waals surface area contributed by atoms with Crippen LogP contribution in [0, 0.1) is 0 Å². The third kappa shape index (κ3) is 2.32. The average Bonchev–Trinajstić information content (AvgIpc) is 2.26. The third-order valence-electron chi connectivity index (χ3n) is 2.31. The molecule has 0 aliphatic rings. The highest BCUT2D eigenvalue weighted by Crippen LogP contribution is 2.21. The first-order valence-corrected chi connectivity index (χ1v) is 4.75. The van der Waals surface area contributed by atoms with Gasteiger partial charge in [-0.3, -0.25) is 0 Å². The fraction of sp³-hybridized carbons (Fsp3) is 0.455. The van der Waals surface area contributed by atoms with Crippen molar-refractivity contribution in [2.75, 3.05) is 6.61 Å². The van der Waals surface area contributed by atoms with Gasteiger partial charge in [0, 0.05) is 0 Å². The normalized spacial score (nSPS) is 15.1. The van der Waals surface area contributed by atoms with Crippen LogP contribution in [-0.2, 0) is 6.42 Å². The molecule has 2 unspecified atom stereocenters. The Bertz CT molecular complexity index is 286. The summed E-state index contributed by atoms with van der Waals surface area (Å²) in [6.45, 7) is 1.55. The molecule has 0 saturated carbocycles. The molecule has 0 aliphatic carbocycles. The van der Waals surface area contributed by atoms with Crippen molar-refractivity contribution in [2.24, 2.45) is 0 Å². The van der Waals surface area contributed by atoms with Gasteiger partial charge in [-0.2, -0.15) is 0 Å². The topological polar surface area (TPSA) is 60.7 Å². The maximum absolute atomic E-state index is 9.69. The summed E-state index contributed by atoms with van der Waals surface area (Å²) in [7, 11) is 0. The van der Waals surface area contributed by atoms with Crippen LogP contribution in [0.15, 0.2) is 24.3 Å². The zero-order valence-corrected chi connectivity index (χ0v) is 8.22. The largest absolute Gasteiger partial charge is 0.394 e. The zero-order chi connectivity index (χ0) is 10.6. The molecule has 3 heteroatoms. The van der Waals surface area contributed by atoms with Crippen molar-refractivity contribution in [1.29, 1.82) is 0 Å². The predicted molar refractivity (Wildman–Crippen MR) is 53.9 cm³/mol. The van der Waals surface area contributed by atoms with Crippen LogP contribution in [0.3, 0.4) is 0 Å². The molecule has 1 rings (SSSR count). The van der Waals surface area contributed by atoms with Gasteiger partial charge in [0.05, 0.1) is 6.61 Å². The molecule has 1 aromatic rings. The number of hydrogen-bond acceptors (Lipinski definition) is 3. The minimum Gasteiger partial charge on any atom is -0.394 e. The first kappa shape index (κ1) is 11.2. The van der Waals surface area contributed by atoms with Crippen LogP contribution in [0.1, 0.15) is 24.2 Å². The molecule has 78 valence electrons. The first-order valence-electron chi connectivity index (χ1n) is 4.75. The summed E-state index contributed by atoms with van der Waals surface area (Å²) in [5, 5.41) is 27.7. The lowest BCUT2D eigenvalue weighted by Crippen LogP contribution is -2.22. The molecule has 2 atom stereocenters. The van der Waals surface area contributed by atoms with Crippen molar-refractivity contribution in [1.82, 2.24) is 0 Å². The Morgan fingerprint density at radius 2 is 1.86 bits per heavy atom. The standard InChI is InChI=1S/C11H16O3/c1-2-8-5-3-4-6-9(8)11(14)10(13)7-12/h3-6,10-14H,2,7H2,1H3. The molecule has 0 spiro atoms. The first-order chi connectivity index (χ1) is 6.70. The van der Waals surface area contributed by atoms with E-state index < -0.39 is 18.8 Å². The van der Waals surface area contributed by atoms with Gasteiger partial charge in [-0.1, -0.05) is 31.2 Å². The van der Waals surface area contributed by atoms with E-state index in [1.54, 1.807) is 6.07 Å². The third-order valence-corrected chi connectivity index (χ3v) is 2.31. The molecule has 0 heterocycles. The Morgan fingerprint density at radius 3 is 2.43 bits per heavy atom. The predicted octanol–water partition coefficient (Wildman–Crippen LogP) is 0.636. The van der Waals surface area contributed by atoms with Gasteiger partial charge in [-0.15, -0.1) is 0 Å². The molecular weight excluding hydrogens is 180 g/mol. The van der Waals surface area contributed by atoms with Gasteiger partial charge in [0.1, 0.15) is 12.2 Å². The van der Waals surface area contributed by atoms with E-state index in [0.29, 0.717) is 5.56 Å².